The van der Waals surface area contributed by atoms with Crippen LogP contribution in [0.1, 0.15) is 23.2 Å². The minimum absolute atomic E-state index is 0.190. The number of nitrogens with zero attached hydrogens (tertiary/aromatic N) is 3. The van der Waals surface area contributed by atoms with Crippen molar-refractivity contribution in [3.8, 4) is 0 Å². The van der Waals surface area contributed by atoms with Gasteiger partial charge in [-0.3, -0.25) is 10.2 Å². The van der Waals surface area contributed by atoms with Gasteiger partial charge in [0.15, 0.2) is 0 Å². The SMILES string of the molecule is CN1CCN(NC(=O)c2cccc(S(=O)(=O)N3CCCC3)c2)CC1. The molecule has 1 amide bonds. The van der Waals surface area contributed by atoms with Crippen LogP contribution in [0, 0.1) is 0 Å². The zero-order valence-electron chi connectivity index (χ0n) is 13.9. The highest BCUT2D eigenvalue weighted by Gasteiger charge is 2.27. The first kappa shape index (κ1) is 17.3. The summed E-state index contributed by atoms with van der Waals surface area (Å²) in [7, 11) is -1.45. The van der Waals surface area contributed by atoms with E-state index in [1.54, 1.807) is 18.2 Å². The van der Waals surface area contributed by atoms with E-state index in [4.69, 9.17) is 0 Å². The van der Waals surface area contributed by atoms with Crippen LogP contribution in [0.4, 0.5) is 0 Å². The van der Waals surface area contributed by atoms with Gasteiger partial charge in [0.1, 0.15) is 0 Å². The first-order valence-electron chi connectivity index (χ1n) is 8.31. The number of hydrogen-bond acceptors (Lipinski definition) is 5. The molecule has 1 aromatic carbocycles. The minimum atomic E-state index is -3.50. The van der Waals surface area contributed by atoms with Gasteiger partial charge in [0.25, 0.3) is 5.91 Å². The molecule has 2 aliphatic rings. The van der Waals surface area contributed by atoms with E-state index in [0.717, 1.165) is 39.0 Å². The topological polar surface area (TPSA) is 73.0 Å². The Kier molecular flexibility index (Phi) is 5.19. The molecule has 2 fully saturated rings. The highest BCUT2D eigenvalue weighted by Crippen LogP contribution is 2.21. The maximum absolute atomic E-state index is 12.6. The number of hydrogen-bond donors (Lipinski definition) is 1. The molecule has 0 unspecified atom stereocenters. The third-order valence-electron chi connectivity index (χ3n) is 4.56. The first-order valence-corrected chi connectivity index (χ1v) is 9.75. The van der Waals surface area contributed by atoms with E-state index in [-0.39, 0.29) is 10.8 Å². The molecule has 2 saturated heterocycles. The zero-order valence-corrected chi connectivity index (χ0v) is 14.8. The number of benzene rings is 1. The van der Waals surface area contributed by atoms with Crippen molar-refractivity contribution in [2.45, 2.75) is 17.7 Å². The molecule has 3 rings (SSSR count). The van der Waals surface area contributed by atoms with Crippen LogP contribution >= 0.6 is 0 Å². The fourth-order valence-corrected chi connectivity index (χ4v) is 4.57. The lowest BCUT2D eigenvalue weighted by molar-refractivity contribution is 0.0662. The van der Waals surface area contributed by atoms with Crippen molar-refractivity contribution in [2.24, 2.45) is 0 Å². The third kappa shape index (κ3) is 3.77. The van der Waals surface area contributed by atoms with Crippen molar-refractivity contribution in [1.29, 1.82) is 0 Å². The van der Waals surface area contributed by atoms with Crippen molar-refractivity contribution in [3.63, 3.8) is 0 Å². The summed E-state index contributed by atoms with van der Waals surface area (Å²) in [5, 5.41) is 1.88. The Bertz CT molecular complexity index is 693. The van der Waals surface area contributed by atoms with Crippen LogP contribution in [0.2, 0.25) is 0 Å². The normalized spacial score (nSPS) is 21.0. The third-order valence-corrected chi connectivity index (χ3v) is 6.46. The summed E-state index contributed by atoms with van der Waals surface area (Å²) >= 11 is 0. The molecular formula is C16H24N4O3S. The van der Waals surface area contributed by atoms with E-state index in [1.165, 1.54) is 10.4 Å². The molecule has 8 heteroatoms. The Labute approximate surface area is 143 Å². The molecule has 0 spiro atoms. The second-order valence-corrected chi connectivity index (χ2v) is 8.31. The summed E-state index contributed by atoms with van der Waals surface area (Å²) in [6.45, 7) is 4.41. The molecule has 132 valence electrons. The number of rotatable bonds is 4. The maximum atomic E-state index is 12.6. The molecule has 1 aromatic rings. The van der Waals surface area contributed by atoms with Gasteiger partial charge in [-0.1, -0.05) is 6.07 Å². The number of hydrazine groups is 1. The van der Waals surface area contributed by atoms with E-state index >= 15 is 0 Å². The van der Waals surface area contributed by atoms with Crippen molar-refractivity contribution < 1.29 is 13.2 Å². The molecule has 2 heterocycles. The van der Waals surface area contributed by atoms with Gasteiger partial charge in [-0.25, -0.2) is 13.4 Å². The Morgan fingerprint density at radius 1 is 1.04 bits per heavy atom. The van der Waals surface area contributed by atoms with Crippen molar-refractivity contribution in [3.05, 3.63) is 29.8 Å². The fourth-order valence-electron chi connectivity index (χ4n) is 3.00. The maximum Gasteiger partial charge on any atom is 0.265 e. The van der Waals surface area contributed by atoms with Crippen LogP contribution in [-0.4, -0.2) is 74.9 Å². The number of likely N-dealkylation sites (N-methyl/N-ethyl adjacent to an activating group) is 1. The average molecular weight is 352 g/mol. The number of carbonyl (C=O) groups is 1. The number of carbonyl (C=O) groups excluding carboxylic acids is 1. The van der Waals surface area contributed by atoms with E-state index in [2.05, 4.69) is 10.3 Å². The minimum Gasteiger partial charge on any atom is -0.304 e. The van der Waals surface area contributed by atoms with Crippen LogP contribution in [-0.2, 0) is 10.0 Å². The molecule has 0 atom stereocenters. The molecule has 2 aliphatic heterocycles. The quantitative estimate of drug-likeness (QED) is 0.847. The smallest absolute Gasteiger partial charge is 0.265 e. The molecule has 0 bridgehead atoms. The summed E-state index contributed by atoms with van der Waals surface area (Å²) in [5.74, 6) is -0.266. The summed E-state index contributed by atoms with van der Waals surface area (Å²) in [5.41, 5.74) is 3.23. The lowest BCUT2D eigenvalue weighted by atomic mass is 10.2. The van der Waals surface area contributed by atoms with Gasteiger partial charge in [-0.2, -0.15) is 4.31 Å². The molecule has 24 heavy (non-hydrogen) atoms. The highest BCUT2D eigenvalue weighted by atomic mass is 32.2. The van der Waals surface area contributed by atoms with Crippen LogP contribution in [0.5, 0.6) is 0 Å². The van der Waals surface area contributed by atoms with Gasteiger partial charge in [0.05, 0.1) is 4.90 Å². The van der Waals surface area contributed by atoms with Gasteiger partial charge in [-0.15, -0.1) is 0 Å². The molecule has 7 nitrogen and oxygen atoms in total. The average Bonchev–Trinajstić information content (AvgIpc) is 3.12. The number of amides is 1. The van der Waals surface area contributed by atoms with Gasteiger partial charge < -0.3 is 4.90 Å². The van der Waals surface area contributed by atoms with Crippen molar-refractivity contribution in [2.75, 3.05) is 46.3 Å². The summed E-state index contributed by atoms with van der Waals surface area (Å²) in [4.78, 5) is 14.8. The predicted molar refractivity (Wildman–Crippen MR) is 91.0 cm³/mol. The van der Waals surface area contributed by atoms with Crippen molar-refractivity contribution in [1.82, 2.24) is 19.6 Å². The molecule has 0 aliphatic carbocycles. The lowest BCUT2D eigenvalue weighted by Crippen LogP contribution is -2.52. The lowest BCUT2D eigenvalue weighted by Gasteiger charge is -2.32. The zero-order chi connectivity index (χ0) is 17.2. The van der Waals surface area contributed by atoms with E-state index in [0.29, 0.717) is 18.7 Å². The van der Waals surface area contributed by atoms with Gasteiger partial charge in [-0.05, 0) is 38.1 Å². The summed E-state index contributed by atoms with van der Waals surface area (Å²) in [6.07, 6.45) is 1.78. The van der Waals surface area contributed by atoms with Crippen LogP contribution in [0.25, 0.3) is 0 Å². The van der Waals surface area contributed by atoms with E-state index in [1.807, 2.05) is 12.1 Å². The Morgan fingerprint density at radius 2 is 1.71 bits per heavy atom. The molecular weight excluding hydrogens is 328 g/mol. The highest BCUT2D eigenvalue weighted by molar-refractivity contribution is 7.89. The van der Waals surface area contributed by atoms with E-state index < -0.39 is 10.0 Å². The standard InChI is InChI=1S/C16H24N4O3S/c1-18-9-11-19(12-10-18)17-16(21)14-5-4-6-15(13-14)24(22,23)20-7-2-3-8-20/h4-6,13H,2-3,7-12H2,1H3,(H,17,21). The second-order valence-electron chi connectivity index (χ2n) is 6.37. The van der Waals surface area contributed by atoms with E-state index in [9.17, 15) is 13.2 Å². The molecule has 1 N–H and O–H groups in total. The van der Waals surface area contributed by atoms with Crippen LogP contribution < -0.4 is 5.43 Å². The molecule has 0 radical (unpaired) electrons. The largest absolute Gasteiger partial charge is 0.304 e. The fraction of sp³-hybridized carbons (Fsp3) is 0.562. The molecule has 0 saturated carbocycles. The van der Waals surface area contributed by atoms with Gasteiger partial charge in [0, 0.05) is 44.8 Å². The Morgan fingerprint density at radius 3 is 2.38 bits per heavy atom. The number of piperazine rings is 1. The Balaban J connectivity index is 1.71. The number of nitrogens with one attached hydrogen (secondary N) is 1. The van der Waals surface area contributed by atoms with Gasteiger partial charge >= 0.3 is 0 Å². The van der Waals surface area contributed by atoms with Gasteiger partial charge in [0.2, 0.25) is 10.0 Å². The number of sulfonamides is 1. The van der Waals surface area contributed by atoms with Crippen LogP contribution in [0.15, 0.2) is 29.2 Å². The Hall–Kier alpha value is -1.48. The second kappa shape index (κ2) is 7.18. The summed E-state index contributed by atoms with van der Waals surface area (Å²) < 4.78 is 26.7. The molecule has 0 aromatic heterocycles. The summed E-state index contributed by atoms with van der Waals surface area (Å²) in [6, 6.07) is 6.30. The van der Waals surface area contributed by atoms with Crippen molar-refractivity contribution >= 4 is 15.9 Å². The first-order chi connectivity index (χ1) is 11.5. The van der Waals surface area contributed by atoms with Crippen LogP contribution in [0.3, 0.4) is 0 Å². The predicted octanol–water partition coefficient (Wildman–Crippen LogP) is 0.363. The monoisotopic (exact) mass is 352 g/mol.